The molecule has 2 heterocycles. The quantitative estimate of drug-likeness (QED) is 0.376. The van der Waals surface area contributed by atoms with Crippen LogP contribution in [0.5, 0.6) is 0 Å². The van der Waals surface area contributed by atoms with E-state index in [9.17, 15) is 14.4 Å². The highest BCUT2D eigenvalue weighted by Crippen LogP contribution is 2.27. The molecule has 0 aliphatic heterocycles. The summed E-state index contributed by atoms with van der Waals surface area (Å²) in [6, 6.07) is 5.69. The van der Waals surface area contributed by atoms with Crippen LogP contribution < -0.4 is 10.9 Å². The molecule has 0 radical (unpaired) electrons. The number of aromatic nitrogens is 2. The largest absolute Gasteiger partial charge is 0.461 e. The highest BCUT2D eigenvalue weighted by atomic mass is 127. The fraction of sp³-hybridized carbons (Fsp3) is 0.333. The third kappa shape index (κ3) is 4.89. The SMILES string of the molecule is Cc1cc(I)ccc1NC(=O)Cn1cnc2sc(C(=O)OCC(C)C)c(C)c2c1=O. The summed E-state index contributed by atoms with van der Waals surface area (Å²) >= 11 is 3.34. The van der Waals surface area contributed by atoms with Gasteiger partial charge in [-0.3, -0.25) is 14.2 Å². The van der Waals surface area contributed by atoms with E-state index in [2.05, 4.69) is 32.9 Å². The zero-order chi connectivity index (χ0) is 22.0. The molecule has 2 aromatic heterocycles. The number of fused-ring (bicyclic) bond motifs is 1. The lowest BCUT2D eigenvalue weighted by molar-refractivity contribution is -0.116. The molecule has 1 N–H and O–H groups in total. The number of thiophene rings is 1. The van der Waals surface area contributed by atoms with Gasteiger partial charge in [-0.25, -0.2) is 9.78 Å². The molecule has 9 heteroatoms. The van der Waals surface area contributed by atoms with Crippen LogP contribution in [0.1, 0.15) is 34.6 Å². The van der Waals surface area contributed by atoms with E-state index in [1.54, 1.807) is 6.92 Å². The van der Waals surface area contributed by atoms with E-state index in [0.29, 0.717) is 33.0 Å². The Morgan fingerprint density at radius 1 is 1.30 bits per heavy atom. The molecular weight excluding hydrogens is 517 g/mol. The summed E-state index contributed by atoms with van der Waals surface area (Å²) in [5.41, 5.74) is 1.81. The summed E-state index contributed by atoms with van der Waals surface area (Å²) in [5.74, 6) is -0.566. The van der Waals surface area contributed by atoms with Gasteiger partial charge in [0.05, 0.1) is 18.3 Å². The first-order valence-electron chi connectivity index (χ1n) is 9.39. The number of nitrogens with one attached hydrogen (secondary N) is 1. The number of carbonyl (C=O) groups is 2. The summed E-state index contributed by atoms with van der Waals surface area (Å²) in [7, 11) is 0. The summed E-state index contributed by atoms with van der Waals surface area (Å²) < 4.78 is 7.62. The van der Waals surface area contributed by atoms with E-state index in [1.165, 1.54) is 10.9 Å². The van der Waals surface area contributed by atoms with Gasteiger partial charge in [0.15, 0.2) is 0 Å². The summed E-state index contributed by atoms with van der Waals surface area (Å²) in [6.45, 7) is 7.65. The number of hydrogen-bond donors (Lipinski definition) is 1. The van der Waals surface area contributed by atoms with Gasteiger partial charge in [0.1, 0.15) is 16.3 Å². The summed E-state index contributed by atoms with van der Waals surface area (Å²) in [5, 5.41) is 3.17. The van der Waals surface area contributed by atoms with Gasteiger partial charge in [-0.15, -0.1) is 11.3 Å². The molecule has 0 fully saturated rings. The molecule has 30 heavy (non-hydrogen) atoms. The van der Waals surface area contributed by atoms with Crippen LogP contribution in [0.2, 0.25) is 0 Å². The molecule has 7 nitrogen and oxygen atoms in total. The van der Waals surface area contributed by atoms with E-state index in [-0.39, 0.29) is 23.9 Å². The monoisotopic (exact) mass is 539 g/mol. The Labute approximate surface area is 191 Å². The number of nitrogens with zero attached hydrogens (tertiary/aromatic N) is 2. The van der Waals surface area contributed by atoms with E-state index in [0.717, 1.165) is 20.5 Å². The minimum absolute atomic E-state index is 0.171. The number of aryl methyl sites for hydroxylation is 2. The van der Waals surface area contributed by atoms with Gasteiger partial charge in [0.25, 0.3) is 5.56 Å². The molecule has 0 unspecified atom stereocenters. The van der Waals surface area contributed by atoms with Crippen molar-refractivity contribution in [3.63, 3.8) is 0 Å². The van der Waals surface area contributed by atoms with Crippen molar-refractivity contribution < 1.29 is 14.3 Å². The van der Waals surface area contributed by atoms with Crippen molar-refractivity contribution in [1.82, 2.24) is 9.55 Å². The normalized spacial score (nSPS) is 11.1. The predicted molar refractivity (Wildman–Crippen MR) is 126 cm³/mol. The number of esters is 1. The number of ether oxygens (including phenoxy) is 1. The Kier molecular flexibility index (Phi) is 6.91. The molecule has 3 rings (SSSR count). The minimum atomic E-state index is -0.456. The first-order chi connectivity index (χ1) is 14.2. The Bertz CT molecular complexity index is 1180. The Balaban J connectivity index is 1.84. The average Bonchev–Trinajstić information content (AvgIpc) is 3.01. The van der Waals surface area contributed by atoms with Crippen LogP contribution in [0.3, 0.4) is 0 Å². The molecule has 1 amide bonds. The zero-order valence-corrected chi connectivity index (χ0v) is 20.1. The lowest BCUT2D eigenvalue weighted by Gasteiger charge is -2.10. The van der Waals surface area contributed by atoms with Gasteiger partial charge in [0, 0.05) is 9.26 Å². The van der Waals surface area contributed by atoms with E-state index < -0.39 is 5.97 Å². The number of halogens is 1. The van der Waals surface area contributed by atoms with Crippen molar-refractivity contribution in [1.29, 1.82) is 0 Å². The lowest BCUT2D eigenvalue weighted by Crippen LogP contribution is -2.28. The Hall–Kier alpha value is -2.27. The third-order valence-corrected chi connectivity index (χ3v) is 6.28. The average molecular weight is 539 g/mol. The van der Waals surface area contributed by atoms with Crippen molar-refractivity contribution in [3.8, 4) is 0 Å². The maximum Gasteiger partial charge on any atom is 0.348 e. The molecule has 0 saturated carbocycles. The van der Waals surface area contributed by atoms with Crippen LogP contribution in [0.15, 0.2) is 29.3 Å². The molecule has 0 aliphatic rings. The first kappa shape index (κ1) is 22.4. The third-order valence-electron chi connectivity index (χ3n) is 4.43. The second kappa shape index (κ2) is 9.25. The van der Waals surface area contributed by atoms with Crippen molar-refractivity contribution in [2.24, 2.45) is 5.92 Å². The molecule has 158 valence electrons. The van der Waals surface area contributed by atoms with Gasteiger partial charge in [0.2, 0.25) is 5.91 Å². The van der Waals surface area contributed by atoms with Crippen molar-refractivity contribution in [2.75, 3.05) is 11.9 Å². The maximum absolute atomic E-state index is 12.9. The second-order valence-electron chi connectivity index (χ2n) is 7.41. The molecule has 0 atom stereocenters. The molecule has 0 aliphatic carbocycles. The minimum Gasteiger partial charge on any atom is -0.461 e. The molecule has 3 aromatic rings. The number of rotatable bonds is 6. The number of benzene rings is 1. The molecule has 0 saturated heterocycles. The first-order valence-corrected chi connectivity index (χ1v) is 11.3. The molecular formula is C21H22IN3O4S. The Morgan fingerprint density at radius 2 is 2.03 bits per heavy atom. The maximum atomic E-state index is 12.9. The van der Waals surface area contributed by atoms with Crippen LogP contribution in [0.25, 0.3) is 10.2 Å². The fourth-order valence-electron chi connectivity index (χ4n) is 2.89. The molecule has 0 spiro atoms. The van der Waals surface area contributed by atoms with Gasteiger partial charge in [-0.1, -0.05) is 13.8 Å². The standard InChI is InChI=1S/C21H22IN3O4S/c1-11(2)9-29-21(28)18-13(4)17-19(30-18)23-10-25(20(17)27)8-16(26)24-15-6-5-14(22)7-12(15)3/h5-7,10-11H,8-9H2,1-4H3,(H,24,26). The zero-order valence-electron chi connectivity index (χ0n) is 17.1. The van der Waals surface area contributed by atoms with Crippen molar-refractivity contribution >= 4 is 61.7 Å². The smallest absolute Gasteiger partial charge is 0.348 e. The summed E-state index contributed by atoms with van der Waals surface area (Å²) in [6.07, 6.45) is 1.34. The van der Waals surface area contributed by atoms with Gasteiger partial charge >= 0.3 is 5.97 Å². The lowest BCUT2D eigenvalue weighted by atomic mass is 10.2. The molecule has 1 aromatic carbocycles. The van der Waals surface area contributed by atoms with E-state index in [4.69, 9.17) is 4.74 Å². The second-order valence-corrected chi connectivity index (χ2v) is 9.66. The van der Waals surface area contributed by atoms with Crippen LogP contribution in [-0.4, -0.2) is 28.0 Å². The highest BCUT2D eigenvalue weighted by molar-refractivity contribution is 14.1. The molecule has 0 bridgehead atoms. The summed E-state index contributed by atoms with van der Waals surface area (Å²) in [4.78, 5) is 42.9. The number of carbonyl (C=O) groups excluding carboxylic acids is 2. The van der Waals surface area contributed by atoms with Crippen molar-refractivity contribution in [3.05, 3.63) is 54.5 Å². The van der Waals surface area contributed by atoms with Gasteiger partial charge in [-0.2, -0.15) is 0 Å². The number of anilines is 1. The van der Waals surface area contributed by atoms with Crippen LogP contribution >= 0.6 is 33.9 Å². The fourth-order valence-corrected chi connectivity index (χ4v) is 4.57. The Morgan fingerprint density at radius 3 is 2.70 bits per heavy atom. The van der Waals surface area contributed by atoms with E-state index >= 15 is 0 Å². The van der Waals surface area contributed by atoms with Crippen LogP contribution in [0.4, 0.5) is 5.69 Å². The number of hydrogen-bond acceptors (Lipinski definition) is 6. The van der Waals surface area contributed by atoms with Crippen molar-refractivity contribution in [2.45, 2.75) is 34.2 Å². The highest BCUT2D eigenvalue weighted by Gasteiger charge is 2.21. The van der Waals surface area contributed by atoms with Crippen LogP contribution in [0, 0.1) is 23.3 Å². The van der Waals surface area contributed by atoms with Gasteiger partial charge in [-0.05, 0) is 71.7 Å². The number of amides is 1. The predicted octanol–water partition coefficient (Wildman–Crippen LogP) is 4.13. The van der Waals surface area contributed by atoms with Crippen LogP contribution in [-0.2, 0) is 16.1 Å². The van der Waals surface area contributed by atoms with E-state index in [1.807, 2.05) is 39.0 Å². The topological polar surface area (TPSA) is 90.3 Å². The van der Waals surface area contributed by atoms with Gasteiger partial charge < -0.3 is 10.1 Å².